The van der Waals surface area contributed by atoms with Crippen LogP contribution in [-0.2, 0) is 0 Å². The molecule has 0 saturated heterocycles. The third-order valence-electron chi connectivity index (χ3n) is 5.05. The van der Waals surface area contributed by atoms with Crippen molar-refractivity contribution in [1.82, 2.24) is 15.5 Å². The Balaban J connectivity index is 0.00000338. The Morgan fingerprint density at radius 1 is 1.19 bits per heavy atom. The number of guanidine groups is 1. The number of aliphatic imine (C=N–C) groups is 1. The smallest absolute Gasteiger partial charge is 0.191 e. The van der Waals surface area contributed by atoms with Crippen LogP contribution in [0.5, 0.6) is 0 Å². The van der Waals surface area contributed by atoms with Crippen molar-refractivity contribution < 1.29 is 0 Å². The van der Waals surface area contributed by atoms with Gasteiger partial charge in [0.05, 0.1) is 0 Å². The second kappa shape index (κ2) is 12.5. The number of hydrogen-bond acceptors (Lipinski definition) is 2. The third kappa shape index (κ3) is 7.82. The maximum atomic E-state index is 4.63. The van der Waals surface area contributed by atoms with Gasteiger partial charge in [-0.15, -0.1) is 24.0 Å². The molecular formula is C21H37IN4. The number of halogens is 1. The number of benzene rings is 1. The van der Waals surface area contributed by atoms with Crippen LogP contribution < -0.4 is 10.6 Å². The van der Waals surface area contributed by atoms with Crippen molar-refractivity contribution in [2.75, 3.05) is 26.2 Å². The highest BCUT2D eigenvalue weighted by Gasteiger charge is 2.38. The van der Waals surface area contributed by atoms with Crippen LogP contribution in [0.1, 0.15) is 58.4 Å². The van der Waals surface area contributed by atoms with Crippen molar-refractivity contribution in [2.45, 2.75) is 65.0 Å². The average Bonchev–Trinajstić information content (AvgIpc) is 3.39. The van der Waals surface area contributed by atoms with E-state index in [1.165, 1.54) is 31.4 Å². The fraction of sp³-hybridized carbons (Fsp3) is 0.667. The predicted molar refractivity (Wildman–Crippen MR) is 124 cm³/mol. The van der Waals surface area contributed by atoms with Crippen LogP contribution >= 0.6 is 24.0 Å². The summed E-state index contributed by atoms with van der Waals surface area (Å²) in [6.45, 7) is 13.1. The van der Waals surface area contributed by atoms with E-state index >= 15 is 0 Å². The quantitative estimate of drug-likeness (QED) is 0.304. The maximum absolute atomic E-state index is 4.63. The lowest BCUT2D eigenvalue weighted by molar-refractivity contribution is 0.292. The molecule has 0 amide bonds. The Hall–Kier alpha value is -0.820. The van der Waals surface area contributed by atoms with Crippen LogP contribution in [0.3, 0.4) is 0 Å². The van der Waals surface area contributed by atoms with Gasteiger partial charge >= 0.3 is 0 Å². The summed E-state index contributed by atoms with van der Waals surface area (Å²) in [4.78, 5) is 7.12. The highest BCUT2D eigenvalue weighted by atomic mass is 127. The molecule has 5 heteroatoms. The van der Waals surface area contributed by atoms with E-state index in [2.05, 4.69) is 78.6 Å². The largest absolute Gasteiger partial charge is 0.354 e. The summed E-state index contributed by atoms with van der Waals surface area (Å²) in [6, 6.07) is 11.8. The van der Waals surface area contributed by atoms with Gasteiger partial charge in [0.15, 0.2) is 5.96 Å². The minimum atomic E-state index is 0. The second-order valence-electron chi connectivity index (χ2n) is 7.04. The molecule has 1 aliphatic rings. The molecule has 1 aliphatic carbocycles. The van der Waals surface area contributed by atoms with Gasteiger partial charge in [-0.1, -0.05) is 44.2 Å². The van der Waals surface area contributed by atoms with Crippen LogP contribution in [0.2, 0.25) is 0 Å². The van der Waals surface area contributed by atoms with Crippen LogP contribution in [-0.4, -0.2) is 49.1 Å². The Kier molecular flexibility index (Phi) is 11.2. The minimum absolute atomic E-state index is 0. The van der Waals surface area contributed by atoms with Gasteiger partial charge in [-0.25, -0.2) is 0 Å². The van der Waals surface area contributed by atoms with Gasteiger partial charge in [0, 0.05) is 24.5 Å². The van der Waals surface area contributed by atoms with Gasteiger partial charge in [0.25, 0.3) is 0 Å². The summed E-state index contributed by atoms with van der Waals surface area (Å²) in [7, 11) is 0. The van der Waals surface area contributed by atoms with E-state index in [0.717, 1.165) is 25.6 Å². The molecule has 3 unspecified atom stereocenters. The molecule has 4 nitrogen and oxygen atoms in total. The number of nitrogens with zero attached hydrogens (tertiary/aromatic N) is 2. The van der Waals surface area contributed by atoms with E-state index < -0.39 is 0 Å². The highest BCUT2D eigenvalue weighted by molar-refractivity contribution is 14.0. The summed E-state index contributed by atoms with van der Waals surface area (Å²) in [5, 5.41) is 7.21. The molecule has 1 fully saturated rings. The van der Waals surface area contributed by atoms with E-state index in [1.807, 2.05) is 0 Å². The first-order chi connectivity index (χ1) is 12.2. The topological polar surface area (TPSA) is 39.7 Å². The molecule has 148 valence electrons. The standard InChI is InChI=1S/C21H36N4.HI/c1-5-22-21(23-17(4)12-11-15-25(6-2)7-3)24-20-16-19(20)18-13-9-8-10-14-18;/h8-10,13-14,17,19-20H,5-7,11-12,15-16H2,1-4H3,(H2,22,23,24);1H. The first-order valence-corrected chi connectivity index (χ1v) is 10.0. The summed E-state index contributed by atoms with van der Waals surface area (Å²) < 4.78 is 0. The predicted octanol–water partition coefficient (Wildman–Crippen LogP) is 4.23. The molecule has 3 atom stereocenters. The molecule has 0 heterocycles. The maximum Gasteiger partial charge on any atom is 0.191 e. The zero-order valence-electron chi connectivity index (χ0n) is 16.9. The van der Waals surface area contributed by atoms with Crippen molar-refractivity contribution in [2.24, 2.45) is 4.99 Å². The second-order valence-corrected chi connectivity index (χ2v) is 7.04. The molecule has 0 aliphatic heterocycles. The number of rotatable bonds is 10. The zero-order valence-corrected chi connectivity index (χ0v) is 19.2. The lowest BCUT2D eigenvalue weighted by Gasteiger charge is -2.21. The SMILES string of the molecule is CCN=C(NC(C)CCCN(CC)CC)NC1CC1c1ccccc1.I. The zero-order chi connectivity index (χ0) is 18.1. The van der Waals surface area contributed by atoms with E-state index in [0.29, 0.717) is 18.0 Å². The molecular weight excluding hydrogens is 435 g/mol. The minimum Gasteiger partial charge on any atom is -0.354 e. The average molecular weight is 472 g/mol. The van der Waals surface area contributed by atoms with Crippen molar-refractivity contribution in [1.29, 1.82) is 0 Å². The van der Waals surface area contributed by atoms with Gasteiger partial charge in [0.2, 0.25) is 0 Å². The van der Waals surface area contributed by atoms with Crippen molar-refractivity contribution >= 4 is 29.9 Å². The van der Waals surface area contributed by atoms with Crippen LogP contribution in [0.4, 0.5) is 0 Å². The Morgan fingerprint density at radius 2 is 1.88 bits per heavy atom. The van der Waals surface area contributed by atoms with E-state index in [4.69, 9.17) is 0 Å². The van der Waals surface area contributed by atoms with E-state index in [-0.39, 0.29) is 24.0 Å². The number of hydrogen-bond donors (Lipinski definition) is 2. The molecule has 26 heavy (non-hydrogen) atoms. The molecule has 2 rings (SSSR count). The molecule has 0 radical (unpaired) electrons. The summed E-state index contributed by atoms with van der Waals surface area (Å²) in [5.74, 6) is 1.60. The normalized spacial score (nSPS) is 20.4. The van der Waals surface area contributed by atoms with Crippen molar-refractivity contribution in [3.63, 3.8) is 0 Å². The van der Waals surface area contributed by atoms with Crippen molar-refractivity contribution in [3.05, 3.63) is 35.9 Å². The van der Waals surface area contributed by atoms with Crippen LogP contribution in [0.15, 0.2) is 35.3 Å². The van der Waals surface area contributed by atoms with Gasteiger partial charge in [-0.2, -0.15) is 0 Å². The highest BCUT2D eigenvalue weighted by Crippen LogP contribution is 2.40. The van der Waals surface area contributed by atoms with Crippen LogP contribution in [0, 0.1) is 0 Å². The number of nitrogens with one attached hydrogen (secondary N) is 2. The molecule has 0 bridgehead atoms. The van der Waals surface area contributed by atoms with Gasteiger partial charge in [-0.05, 0) is 58.3 Å². The third-order valence-corrected chi connectivity index (χ3v) is 5.05. The van der Waals surface area contributed by atoms with Gasteiger partial charge < -0.3 is 15.5 Å². The monoisotopic (exact) mass is 472 g/mol. The molecule has 1 aromatic rings. The van der Waals surface area contributed by atoms with Crippen LogP contribution in [0.25, 0.3) is 0 Å². The summed E-state index contributed by atoms with van der Waals surface area (Å²) in [5.41, 5.74) is 1.43. The fourth-order valence-electron chi connectivity index (χ4n) is 3.36. The lowest BCUT2D eigenvalue weighted by Crippen LogP contribution is -2.43. The Morgan fingerprint density at radius 3 is 2.50 bits per heavy atom. The molecule has 1 saturated carbocycles. The van der Waals surface area contributed by atoms with Gasteiger partial charge in [-0.3, -0.25) is 4.99 Å². The first-order valence-electron chi connectivity index (χ1n) is 10.0. The Bertz CT molecular complexity index is 516. The summed E-state index contributed by atoms with van der Waals surface area (Å²) in [6.07, 6.45) is 3.60. The molecule has 0 spiro atoms. The first kappa shape index (κ1) is 23.2. The van der Waals surface area contributed by atoms with Gasteiger partial charge in [0.1, 0.15) is 0 Å². The summed E-state index contributed by atoms with van der Waals surface area (Å²) >= 11 is 0. The molecule has 1 aromatic carbocycles. The fourth-order valence-corrected chi connectivity index (χ4v) is 3.36. The molecule has 2 N–H and O–H groups in total. The molecule has 0 aromatic heterocycles. The van der Waals surface area contributed by atoms with E-state index in [1.54, 1.807) is 0 Å². The van der Waals surface area contributed by atoms with Crippen molar-refractivity contribution in [3.8, 4) is 0 Å². The van der Waals surface area contributed by atoms with E-state index in [9.17, 15) is 0 Å². The Labute approximate surface area is 177 Å². The lowest BCUT2D eigenvalue weighted by atomic mass is 10.1.